The number of carbonyl (C=O) groups excluding carboxylic acids is 1. The number of benzene rings is 2. The Hall–Kier alpha value is -2.33. The minimum Gasteiger partial charge on any atom is -0.492 e. The fourth-order valence-corrected chi connectivity index (χ4v) is 3.79. The standard InChI is InChI=1S/C23H30N2O2/c1-18-16-22(24-19(2)26)12-13-25(18)14-15-27-23-10-8-21(9-11-23)17-20-6-4-3-5-7-20/h3-11,18,22H,12-17H2,1-2H3,(H,24,26)/t18-,22+/m1/s1. The summed E-state index contributed by atoms with van der Waals surface area (Å²) in [5, 5.41) is 3.04. The monoisotopic (exact) mass is 366 g/mol. The molecule has 2 aromatic rings. The predicted octanol–water partition coefficient (Wildman–Crippen LogP) is 3.65. The highest BCUT2D eigenvalue weighted by Crippen LogP contribution is 2.18. The summed E-state index contributed by atoms with van der Waals surface area (Å²) in [6.45, 7) is 6.43. The molecule has 2 aromatic carbocycles. The van der Waals surface area contributed by atoms with Crippen molar-refractivity contribution >= 4 is 5.91 Å². The second-order valence-corrected chi connectivity index (χ2v) is 7.46. The van der Waals surface area contributed by atoms with E-state index >= 15 is 0 Å². The Morgan fingerprint density at radius 3 is 2.48 bits per heavy atom. The van der Waals surface area contributed by atoms with Crippen LogP contribution in [-0.4, -0.2) is 42.6 Å². The summed E-state index contributed by atoms with van der Waals surface area (Å²) in [5.41, 5.74) is 2.62. The summed E-state index contributed by atoms with van der Waals surface area (Å²) in [7, 11) is 0. The minimum absolute atomic E-state index is 0.0692. The topological polar surface area (TPSA) is 41.6 Å². The van der Waals surface area contributed by atoms with Gasteiger partial charge in [-0.1, -0.05) is 42.5 Å². The molecule has 4 heteroatoms. The van der Waals surface area contributed by atoms with Gasteiger partial charge in [-0.3, -0.25) is 9.69 Å². The molecule has 0 saturated carbocycles. The Morgan fingerprint density at radius 2 is 1.81 bits per heavy atom. The van der Waals surface area contributed by atoms with E-state index in [9.17, 15) is 4.79 Å². The van der Waals surface area contributed by atoms with E-state index in [2.05, 4.69) is 65.7 Å². The van der Waals surface area contributed by atoms with Crippen LogP contribution in [-0.2, 0) is 11.2 Å². The van der Waals surface area contributed by atoms with Gasteiger partial charge in [0.15, 0.2) is 0 Å². The number of carbonyl (C=O) groups is 1. The lowest BCUT2D eigenvalue weighted by Crippen LogP contribution is -2.49. The molecule has 1 saturated heterocycles. The molecular formula is C23H30N2O2. The minimum atomic E-state index is 0.0692. The molecule has 0 aromatic heterocycles. The van der Waals surface area contributed by atoms with Crippen LogP contribution in [0.25, 0.3) is 0 Å². The molecule has 0 spiro atoms. The summed E-state index contributed by atoms with van der Waals surface area (Å²) < 4.78 is 5.94. The normalized spacial score (nSPS) is 20.2. The zero-order valence-corrected chi connectivity index (χ0v) is 16.4. The van der Waals surface area contributed by atoms with Gasteiger partial charge in [0, 0.05) is 32.1 Å². The van der Waals surface area contributed by atoms with E-state index < -0.39 is 0 Å². The molecule has 0 bridgehead atoms. The number of rotatable bonds is 7. The van der Waals surface area contributed by atoms with Gasteiger partial charge in [0.05, 0.1) is 0 Å². The molecule has 0 unspecified atom stereocenters. The fraction of sp³-hybridized carbons (Fsp3) is 0.435. The van der Waals surface area contributed by atoms with Gasteiger partial charge < -0.3 is 10.1 Å². The Labute approximate surface area is 162 Å². The number of piperidine rings is 1. The number of amides is 1. The first-order valence-corrected chi connectivity index (χ1v) is 9.87. The van der Waals surface area contributed by atoms with Gasteiger partial charge in [0.2, 0.25) is 5.91 Å². The summed E-state index contributed by atoms with van der Waals surface area (Å²) >= 11 is 0. The Kier molecular flexibility index (Phi) is 6.88. The van der Waals surface area contributed by atoms with Crippen molar-refractivity contribution in [2.75, 3.05) is 19.7 Å². The van der Waals surface area contributed by atoms with Crippen LogP contribution in [0.2, 0.25) is 0 Å². The molecule has 1 heterocycles. The fourth-order valence-electron chi connectivity index (χ4n) is 3.79. The maximum atomic E-state index is 11.2. The molecule has 3 rings (SSSR count). The molecule has 1 aliphatic rings. The first-order chi connectivity index (χ1) is 13.1. The van der Waals surface area contributed by atoms with Gasteiger partial charge in [-0.2, -0.15) is 0 Å². The van der Waals surface area contributed by atoms with Crippen LogP contribution in [0.15, 0.2) is 54.6 Å². The van der Waals surface area contributed by atoms with E-state index in [-0.39, 0.29) is 5.91 Å². The molecule has 144 valence electrons. The number of likely N-dealkylation sites (tertiary alicyclic amines) is 1. The summed E-state index contributed by atoms with van der Waals surface area (Å²) in [6.07, 6.45) is 2.97. The van der Waals surface area contributed by atoms with Gasteiger partial charge in [-0.15, -0.1) is 0 Å². The lowest BCUT2D eigenvalue weighted by atomic mass is 9.98. The molecule has 1 N–H and O–H groups in total. The number of nitrogens with one attached hydrogen (secondary N) is 1. The second kappa shape index (κ2) is 9.56. The first-order valence-electron chi connectivity index (χ1n) is 9.87. The molecule has 1 fully saturated rings. The van der Waals surface area contributed by atoms with Crippen molar-refractivity contribution in [3.8, 4) is 5.75 Å². The van der Waals surface area contributed by atoms with Crippen molar-refractivity contribution in [2.24, 2.45) is 0 Å². The van der Waals surface area contributed by atoms with Crippen molar-refractivity contribution in [2.45, 2.75) is 45.2 Å². The zero-order chi connectivity index (χ0) is 19.1. The van der Waals surface area contributed by atoms with Gasteiger partial charge in [-0.25, -0.2) is 0 Å². The van der Waals surface area contributed by atoms with E-state index in [4.69, 9.17) is 4.74 Å². The molecule has 0 radical (unpaired) electrons. The highest BCUT2D eigenvalue weighted by molar-refractivity contribution is 5.73. The summed E-state index contributed by atoms with van der Waals surface area (Å²) in [4.78, 5) is 13.7. The van der Waals surface area contributed by atoms with Crippen LogP contribution in [0.4, 0.5) is 0 Å². The molecule has 27 heavy (non-hydrogen) atoms. The van der Waals surface area contributed by atoms with Crippen LogP contribution >= 0.6 is 0 Å². The molecule has 0 aliphatic carbocycles. The van der Waals surface area contributed by atoms with E-state index in [1.165, 1.54) is 11.1 Å². The van der Waals surface area contributed by atoms with Gasteiger partial charge >= 0.3 is 0 Å². The van der Waals surface area contributed by atoms with Crippen LogP contribution in [0.1, 0.15) is 37.8 Å². The quantitative estimate of drug-likeness (QED) is 0.813. The lowest BCUT2D eigenvalue weighted by molar-refractivity contribution is -0.120. The summed E-state index contributed by atoms with van der Waals surface area (Å²) in [5.74, 6) is 0.993. The van der Waals surface area contributed by atoms with Crippen molar-refractivity contribution < 1.29 is 9.53 Å². The van der Waals surface area contributed by atoms with Crippen LogP contribution in [0, 0.1) is 0 Å². The SMILES string of the molecule is CC(=O)N[C@H]1CCN(CCOc2ccc(Cc3ccccc3)cc2)[C@H](C)C1. The Morgan fingerprint density at radius 1 is 1.11 bits per heavy atom. The van der Waals surface area contributed by atoms with E-state index in [1.807, 2.05) is 6.07 Å². The first kappa shape index (κ1) is 19.4. The summed E-state index contributed by atoms with van der Waals surface area (Å²) in [6, 6.07) is 19.7. The third kappa shape index (κ3) is 6.10. The third-order valence-electron chi connectivity index (χ3n) is 5.24. The maximum absolute atomic E-state index is 11.2. The second-order valence-electron chi connectivity index (χ2n) is 7.46. The van der Waals surface area contributed by atoms with Crippen LogP contribution < -0.4 is 10.1 Å². The van der Waals surface area contributed by atoms with Crippen LogP contribution in [0.3, 0.4) is 0 Å². The lowest BCUT2D eigenvalue weighted by Gasteiger charge is -2.37. The van der Waals surface area contributed by atoms with E-state index in [0.717, 1.165) is 38.1 Å². The maximum Gasteiger partial charge on any atom is 0.217 e. The molecule has 4 nitrogen and oxygen atoms in total. The highest BCUT2D eigenvalue weighted by atomic mass is 16.5. The number of nitrogens with zero attached hydrogens (tertiary/aromatic N) is 1. The Bertz CT molecular complexity index is 715. The molecule has 1 aliphatic heterocycles. The van der Waals surface area contributed by atoms with Crippen molar-refractivity contribution in [1.82, 2.24) is 10.2 Å². The average Bonchev–Trinajstić information content (AvgIpc) is 2.65. The largest absolute Gasteiger partial charge is 0.492 e. The van der Waals surface area contributed by atoms with Gasteiger partial charge in [-0.05, 0) is 49.4 Å². The smallest absolute Gasteiger partial charge is 0.217 e. The number of ether oxygens (including phenoxy) is 1. The van der Waals surface area contributed by atoms with Gasteiger partial charge in [0.1, 0.15) is 12.4 Å². The predicted molar refractivity (Wildman–Crippen MR) is 109 cm³/mol. The van der Waals surface area contributed by atoms with Crippen molar-refractivity contribution in [3.05, 3.63) is 65.7 Å². The van der Waals surface area contributed by atoms with Gasteiger partial charge in [0.25, 0.3) is 0 Å². The zero-order valence-electron chi connectivity index (χ0n) is 16.4. The molecular weight excluding hydrogens is 336 g/mol. The molecule has 2 atom stereocenters. The van der Waals surface area contributed by atoms with Crippen LogP contribution in [0.5, 0.6) is 5.75 Å². The highest BCUT2D eigenvalue weighted by Gasteiger charge is 2.25. The number of hydrogen-bond donors (Lipinski definition) is 1. The number of hydrogen-bond acceptors (Lipinski definition) is 3. The van der Waals surface area contributed by atoms with Crippen molar-refractivity contribution in [1.29, 1.82) is 0 Å². The average molecular weight is 367 g/mol. The Balaban J connectivity index is 1.41. The van der Waals surface area contributed by atoms with E-state index in [1.54, 1.807) is 6.92 Å². The van der Waals surface area contributed by atoms with Crippen molar-refractivity contribution in [3.63, 3.8) is 0 Å². The van der Waals surface area contributed by atoms with E-state index in [0.29, 0.717) is 18.7 Å². The molecule has 1 amide bonds. The third-order valence-corrected chi connectivity index (χ3v) is 5.24.